The van der Waals surface area contributed by atoms with Crippen LogP contribution in [0.5, 0.6) is 11.5 Å². The third-order valence-electron chi connectivity index (χ3n) is 5.24. The molecular formula is C26H21ClN2O3S. The van der Waals surface area contributed by atoms with Crippen LogP contribution in [0.15, 0.2) is 65.5 Å². The van der Waals surface area contributed by atoms with Crippen molar-refractivity contribution in [2.45, 2.75) is 20.5 Å². The van der Waals surface area contributed by atoms with Gasteiger partial charge in [0.25, 0.3) is 5.56 Å². The molecule has 0 fully saturated rings. The van der Waals surface area contributed by atoms with Crippen molar-refractivity contribution in [1.29, 1.82) is 0 Å². The van der Waals surface area contributed by atoms with Crippen molar-refractivity contribution in [2.24, 2.45) is 0 Å². The second kappa shape index (κ2) is 8.89. The number of hydrogen-bond acceptors (Lipinski definition) is 5. The van der Waals surface area contributed by atoms with Crippen LogP contribution in [0.25, 0.3) is 22.1 Å². The number of imidazole rings is 1. The molecule has 0 unspecified atom stereocenters. The fourth-order valence-corrected chi connectivity index (χ4v) is 5.06. The van der Waals surface area contributed by atoms with Crippen molar-refractivity contribution >= 4 is 45.0 Å². The Morgan fingerprint density at radius 2 is 1.94 bits per heavy atom. The molecule has 5 nitrogen and oxygen atoms in total. The molecule has 33 heavy (non-hydrogen) atoms. The van der Waals surface area contributed by atoms with E-state index in [1.54, 1.807) is 10.5 Å². The largest absolute Gasteiger partial charge is 0.490 e. The molecule has 0 N–H and O–H groups in total. The molecule has 2 aromatic heterocycles. The van der Waals surface area contributed by atoms with Gasteiger partial charge in [0.05, 0.1) is 27.2 Å². The lowest BCUT2D eigenvalue weighted by Gasteiger charge is -2.14. The quantitative estimate of drug-likeness (QED) is 0.329. The minimum absolute atomic E-state index is 0.0995. The zero-order chi connectivity index (χ0) is 22.9. The number of para-hydroxylation sites is 2. The number of aryl methyl sites for hydroxylation is 1. The summed E-state index contributed by atoms with van der Waals surface area (Å²) in [4.78, 5) is 18.3. The van der Waals surface area contributed by atoms with Crippen LogP contribution in [0.1, 0.15) is 23.6 Å². The van der Waals surface area contributed by atoms with Crippen molar-refractivity contribution < 1.29 is 9.47 Å². The minimum Gasteiger partial charge on any atom is -0.490 e. The molecular weight excluding hydrogens is 456 g/mol. The topological polar surface area (TPSA) is 52.8 Å². The van der Waals surface area contributed by atoms with Gasteiger partial charge in [-0.25, -0.2) is 9.38 Å². The molecule has 0 atom stereocenters. The van der Waals surface area contributed by atoms with E-state index in [4.69, 9.17) is 21.1 Å². The molecule has 3 aromatic carbocycles. The van der Waals surface area contributed by atoms with Crippen LogP contribution in [-0.2, 0) is 6.61 Å². The molecule has 5 aromatic rings. The summed E-state index contributed by atoms with van der Waals surface area (Å²) >= 11 is 7.94. The van der Waals surface area contributed by atoms with Crippen LogP contribution in [-0.4, -0.2) is 16.0 Å². The number of nitrogens with zero attached hydrogens (tertiary/aromatic N) is 2. The lowest BCUT2D eigenvalue weighted by atomic mass is 10.1. The first-order valence-corrected chi connectivity index (χ1v) is 11.8. The second-order valence-corrected chi connectivity index (χ2v) is 9.09. The zero-order valence-corrected chi connectivity index (χ0v) is 19.7. The number of rotatable bonds is 6. The summed E-state index contributed by atoms with van der Waals surface area (Å²) < 4.78 is 14.1. The number of aromatic nitrogens is 2. The van der Waals surface area contributed by atoms with Crippen LogP contribution >= 0.6 is 22.9 Å². The van der Waals surface area contributed by atoms with E-state index >= 15 is 0 Å². The average molecular weight is 477 g/mol. The molecule has 0 aliphatic rings. The summed E-state index contributed by atoms with van der Waals surface area (Å²) in [7, 11) is 0. The molecule has 0 bridgehead atoms. The monoisotopic (exact) mass is 476 g/mol. The van der Waals surface area contributed by atoms with Gasteiger partial charge in [-0.05, 0) is 55.3 Å². The summed E-state index contributed by atoms with van der Waals surface area (Å²) in [5.41, 5.74) is 4.50. The van der Waals surface area contributed by atoms with E-state index in [-0.39, 0.29) is 5.56 Å². The van der Waals surface area contributed by atoms with Crippen LogP contribution in [0, 0.1) is 6.92 Å². The van der Waals surface area contributed by atoms with Gasteiger partial charge in [-0.3, -0.25) is 4.79 Å². The Morgan fingerprint density at radius 3 is 2.76 bits per heavy atom. The summed E-state index contributed by atoms with van der Waals surface area (Å²) in [6, 6.07) is 19.4. The highest BCUT2D eigenvalue weighted by Gasteiger charge is 2.14. The molecule has 5 rings (SSSR count). The van der Waals surface area contributed by atoms with E-state index in [2.05, 4.69) is 11.1 Å². The van der Waals surface area contributed by atoms with E-state index < -0.39 is 0 Å². The number of benzene rings is 3. The highest BCUT2D eigenvalue weighted by atomic mass is 35.5. The summed E-state index contributed by atoms with van der Waals surface area (Å²) in [6.45, 7) is 4.79. The van der Waals surface area contributed by atoms with Gasteiger partial charge in [0, 0.05) is 0 Å². The minimum atomic E-state index is -0.0995. The molecule has 2 heterocycles. The molecule has 0 amide bonds. The molecule has 0 saturated heterocycles. The third-order valence-corrected chi connectivity index (χ3v) is 6.49. The van der Waals surface area contributed by atoms with Crippen LogP contribution < -0.4 is 19.6 Å². The van der Waals surface area contributed by atoms with Gasteiger partial charge >= 0.3 is 0 Å². The molecule has 0 aliphatic carbocycles. The summed E-state index contributed by atoms with van der Waals surface area (Å²) in [6.07, 6.45) is 1.81. The van der Waals surface area contributed by atoms with Crippen LogP contribution in [0.3, 0.4) is 0 Å². The standard InChI is InChI=1S/C26H21ClN2O3S/c1-3-31-22-13-18(12-19(27)24(22)32-15-17-8-6-7-16(2)11-17)14-23-25(30)29-21-10-5-4-9-20(21)28-26(29)33-23/h4-14H,3,15H2,1-2H3/b23-14-. The maximum atomic E-state index is 13.1. The Morgan fingerprint density at radius 1 is 1.09 bits per heavy atom. The van der Waals surface area contributed by atoms with E-state index in [1.165, 1.54) is 16.9 Å². The highest BCUT2D eigenvalue weighted by molar-refractivity contribution is 7.15. The van der Waals surface area contributed by atoms with Crippen molar-refractivity contribution in [3.63, 3.8) is 0 Å². The van der Waals surface area contributed by atoms with Crippen LogP contribution in [0.4, 0.5) is 0 Å². The Kier molecular flexibility index (Phi) is 5.79. The summed E-state index contributed by atoms with van der Waals surface area (Å²) in [5.74, 6) is 1.04. The maximum absolute atomic E-state index is 13.1. The van der Waals surface area contributed by atoms with E-state index in [0.717, 1.165) is 22.2 Å². The normalized spacial score (nSPS) is 12.0. The Bertz CT molecular complexity index is 1590. The van der Waals surface area contributed by atoms with E-state index in [9.17, 15) is 4.79 Å². The third kappa shape index (κ3) is 4.19. The number of fused-ring (bicyclic) bond motifs is 3. The molecule has 0 radical (unpaired) electrons. The summed E-state index contributed by atoms with van der Waals surface area (Å²) in [5, 5.41) is 0.430. The fourth-order valence-electron chi connectivity index (χ4n) is 3.80. The molecule has 0 aliphatic heterocycles. The average Bonchev–Trinajstić information content (AvgIpc) is 3.29. The lowest BCUT2D eigenvalue weighted by Crippen LogP contribution is -2.22. The van der Waals surface area contributed by atoms with Crippen molar-refractivity contribution in [2.75, 3.05) is 6.61 Å². The predicted octanol–water partition coefficient (Wildman–Crippen LogP) is 5.40. The molecule has 0 spiro atoms. The number of hydrogen-bond donors (Lipinski definition) is 0. The second-order valence-electron chi connectivity index (χ2n) is 7.68. The highest BCUT2D eigenvalue weighted by Crippen LogP contribution is 2.37. The molecule has 166 valence electrons. The van der Waals surface area contributed by atoms with E-state index in [1.807, 2.05) is 68.5 Å². The van der Waals surface area contributed by atoms with Gasteiger partial charge in [0.15, 0.2) is 16.5 Å². The van der Waals surface area contributed by atoms with Crippen molar-refractivity contribution in [1.82, 2.24) is 9.38 Å². The van der Waals surface area contributed by atoms with Gasteiger partial charge in [-0.2, -0.15) is 0 Å². The number of halogens is 1. The smallest absolute Gasteiger partial charge is 0.274 e. The first kappa shape index (κ1) is 21.5. The fraction of sp³-hybridized carbons (Fsp3) is 0.154. The van der Waals surface area contributed by atoms with Gasteiger partial charge in [0.2, 0.25) is 0 Å². The maximum Gasteiger partial charge on any atom is 0.274 e. The zero-order valence-electron chi connectivity index (χ0n) is 18.2. The molecule has 0 saturated carbocycles. The Hall–Kier alpha value is -3.35. The van der Waals surface area contributed by atoms with Gasteiger partial charge in [-0.1, -0.05) is 64.9 Å². The first-order chi connectivity index (χ1) is 16.0. The number of thiazole rings is 1. The van der Waals surface area contributed by atoms with Crippen molar-refractivity contribution in [3.05, 3.63) is 97.3 Å². The van der Waals surface area contributed by atoms with Gasteiger partial charge in [0.1, 0.15) is 6.61 Å². The first-order valence-electron chi connectivity index (χ1n) is 10.6. The van der Waals surface area contributed by atoms with Crippen LogP contribution in [0.2, 0.25) is 5.02 Å². The Labute approximate surface area is 199 Å². The molecule has 7 heteroatoms. The predicted molar refractivity (Wildman–Crippen MR) is 134 cm³/mol. The SMILES string of the molecule is CCOc1cc(/C=c2\sc3nc4ccccc4n3c2=O)cc(Cl)c1OCc1cccc(C)c1. The van der Waals surface area contributed by atoms with E-state index in [0.29, 0.717) is 39.2 Å². The van der Waals surface area contributed by atoms with Gasteiger partial charge in [-0.15, -0.1) is 0 Å². The lowest BCUT2D eigenvalue weighted by molar-refractivity contribution is 0.269. The van der Waals surface area contributed by atoms with Crippen molar-refractivity contribution in [3.8, 4) is 11.5 Å². The van der Waals surface area contributed by atoms with Gasteiger partial charge < -0.3 is 9.47 Å². The number of ether oxygens (including phenoxy) is 2. The Balaban J connectivity index is 1.53.